The highest BCUT2D eigenvalue weighted by atomic mass is 35.5. The Morgan fingerprint density at radius 2 is 1.96 bits per heavy atom. The van der Waals surface area contributed by atoms with Gasteiger partial charge in [-0.05, 0) is 18.2 Å². The van der Waals surface area contributed by atoms with Crippen molar-refractivity contribution in [3.05, 3.63) is 58.7 Å². The van der Waals surface area contributed by atoms with Crippen LogP contribution in [0.2, 0.25) is 5.02 Å². The fourth-order valence-electron chi connectivity index (χ4n) is 1.69. The number of carbonyl (C=O) groups is 1. The van der Waals surface area contributed by atoms with Gasteiger partial charge in [-0.2, -0.15) is 13.2 Å². The number of benzene rings is 1. The van der Waals surface area contributed by atoms with Gasteiger partial charge >= 0.3 is 6.18 Å². The third-order valence-corrected chi connectivity index (χ3v) is 4.20. The number of halogens is 4. The van der Waals surface area contributed by atoms with Crippen LogP contribution in [0.5, 0.6) is 0 Å². The summed E-state index contributed by atoms with van der Waals surface area (Å²) in [4.78, 5) is 15.5. The van der Waals surface area contributed by atoms with Gasteiger partial charge in [-0.25, -0.2) is 4.98 Å². The predicted molar refractivity (Wildman–Crippen MR) is 83.7 cm³/mol. The highest BCUT2D eigenvalue weighted by Crippen LogP contribution is 2.33. The normalized spacial score (nSPS) is 11.3. The highest BCUT2D eigenvalue weighted by molar-refractivity contribution is 7.99. The summed E-state index contributed by atoms with van der Waals surface area (Å²) in [5, 5.41) is 2.96. The van der Waals surface area contributed by atoms with Crippen LogP contribution in [0.1, 0.15) is 15.9 Å². The predicted octanol–water partition coefficient (Wildman–Crippen LogP) is 4.28. The van der Waals surface area contributed by atoms with Crippen LogP contribution in [-0.2, 0) is 6.18 Å². The van der Waals surface area contributed by atoms with Crippen LogP contribution in [-0.4, -0.2) is 23.2 Å². The number of carbonyl (C=O) groups excluding carboxylic acids is 1. The van der Waals surface area contributed by atoms with Gasteiger partial charge in [-0.1, -0.05) is 29.8 Å². The molecule has 1 heterocycles. The largest absolute Gasteiger partial charge is 0.417 e. The van der Waals surface area contributed by atoms with E-state index in [1.54, 1.807) is 24.3 Å². The molecule has 3 nitrogen and oxygen atoms in total. The molecular weight excluding hydrogens is 349 g/mol. The van der Waals surface area contributed by atoms with E-state index in [0.717, 1.165) is 12.3 Å². The summed E-state index contributed by atoms with van der Waals surface area (Å²) >= 11 is 6.98. The summed E-state index contributed by atoms with van der Waals surface area (Å²) in [5.74, 6) is 0.231. The first-order valence-corrected chi connectivity index (χ1v) is 7.93. The van der Waals surface area contributed by atoms with Gasteiger partial charge in [0.1, 0.15) is 5.03 Å². The quantitative estimate of drug-likeness (QED) is 0.639. The average Bonchev–Trinajstić information content (AvgIpc) is 2.52. The first kappa shape index (κ1) is 17.6. The lowest BCUT2D eigenvalue weighted by atomic mass is 10.2. The van der Waals surface area contributed by atoms with Gasteiger partial charge < -0.3 is 5.32 Å². The van der Waals surface area contributed by atoms with Crippen LogP contribution in [0, 0.1) is 0 Å². The van der Waals surface area contributed by atoms with Crippen LogP contribution >= 0.6 is 23.4 Å². The molecule has 122 valence electrons. The van der Waals surface area contributed by atoms with Crippen molar-refractivity contribution in [2.45, 2.75) is 11.2 Å². The molecule has 2 aromatic rings. The Bertz CT molecular complexity index is 680. The summed E-state index contributed by atoms with van der Waals surface area (Å²) in [7, 11) is 0. The monoisotopic (exact) mass is 360 g/mol. The number of rotatable bonds is 5. The molecule has 23 heavy (non-hydrogen) atoms. The first-order valence-electron chi connectivity index (χ1n) is 6.56. The number of nitrogens with zero attached hydrogens (tertiary/aromatic N) is 1. The number of pyridine rings is 1. The topological polar surface area (TPSA) is 42.0 Å². The number of nitrogens with one attached hydrogen (secondary N) is 1. The van der Waals surface area contributed by atoms with Gasteiger partial charge in [0.15, 0.2) is 0 Å². The van der Waals surface area contributed by atoms with Crippen LogP contribution in [0.15, 0.2) is 47.6 Å². The molecule has 0 fully saturated rings. The minimum Gasteiger partial charge on any atom is -0.351 e. The van der Waals surface area contributed by atoms with E-state index in [-0.39, 0.29) is 10.9 Å². The summed E-state index contributed by atoms with van der Waals surface area (Å²) in [6, 6.07) is 9.56. The summed E-state index contributed by atoms with van der Waals surface area (Å²) in [6.07, 6.45) is -3.72. The maximum absolute atomic E-state index is 12.5. The van der Waals surface area contributed by atoms with Crippen molar-refractivity contribution < 1.29 is 18.0 Å². The molecule has 2 rings (SSSR count). The molecule has 1 N–H and O–H groups in total. The van der Waals surface area contributed by atoms with E-state index in [1.807, 2.05) is 6.07 Å². The lowest BCUT2D eigenvalue weighted by Gasteiger charge is -2.09. The van der Waals surface area contributed by atoms with Crippen molar-refractivity contribution in [1.82, 2.24) is 10.3 Å². The Hall–Kier alpha value is -1.73. The fourth-order valence-corrected chi connectivity index (χ4v) is 2.74. The molecule has 1 amide bonds. The van der Waals surface area contributed by atoms with E-state index >= 15 is 0 Å². The maximum atomic E-state index is 12.5. The molecule has 0 unspecified atom stereocenters. The van der Waals surface area contributed by atoms with Gasteiger partial charge in [0.05, 0.1) is 10.6 Å². The minimum atomic E-state index is -4.47. The molecule has 8 heteroatoms. The molecule has 0 radical (unpaired) electrons. The van der Waals surface area contributed by atoms with Crippen LogP contribution in [0.4, 0.5) is 13.2 Å². The highest BCUT2D eigenvalue weighted by Gasteiger charge is 2.31. The van der Waals surface area contributed by atoms with E-state index in [0.29, 0.717) is 22.9 Å². The summed E-state index contributed by atoms with van der Waals surface area (Å²) < 4.78 is 37.5. The lowest BCUT2D eigenvalue weighted by Crippen LogP contribution is -2.25. The van der Waals surface area contributed by atoms with Gasteiger partial charge in [-0.15, -0.1) is 11.8 Å². The second-order valence-electron chi connectivity index (χ2n) is 4.48. The van der Waals surface area contributed by atoms with E-state index in [4.69, 9.17) is 11.6 Å². The van der Waals surface area contributed by atoms with E-state index in [2.05, 4.69) is 10.3 Å². The molecule has 0 aliphatic heterocycles. The van der Waals surface area contributed by atoms with Crippen molar-refractivity contribution >= 4 is 29.3 Å². The Morgan fingerprint density at radius 1 is 1.26 bits per heavy atom. The van der Waals surface area contributed by atoms with Crippen molar-refractivity contribution in [1.29, 1.82) is 0 Å². The number of alkyl halides is 3. The van der Waals surface area contributed by atoms with Gasteiger partial charge in [-0.3, -0.25) is 4.79 Å². The summed E-state index contributed by atoms with van der Waals surface area (Å²) in [6.45, 7) is 0.345. The molecule has 0 bridgehead atoms. The number of hydrogen-bond donors (Lipinski definition) is 1. The SMILES string of the molecule is O=C(NCCSc1ncc(C(F)(F)F)cc1Cl)c1ccccc1. The average molecular weight is 361 g/mol. The van der Waals surface area contributed by atoms with Crippen LogP contribution in [0.25, 0.3) is 0 Å². The van der Waals surface area contributed by atoms with E-state index in [9.17, 15) is 18.0 Å². The Balaban J connectivity index is 1.84. The lowest BCUT2D eigenvalue weighted by molar-refractivity contribution is -0.137. The molecule has 0 aliphatic rings. The smallest absolute Gasteiger partial charge is 0.351 e. The second kappa shape index (κ2) is 7.70. The molecule has 0 saturated carbocycles. The number of thioether (sulfide) groups is 1. The van der Waals surface area contributed by atoms with Crippen LogP contribution in [0.3, 0.4) is 0 Å². The zero-order chi connectivity index (χ0) is 16.9. The van der Waals surface area contributed by atoms with Gasteiger partial charge in [0, 0.05) is 24.1 Å². The van der Waals surface area contributed by atoms with Crippen molar-refractivity contribution in [2.75, 3.05) is 12.3 Å². The molecular formula is C15H12ClF3N2OS. The Morgan fingerprint density at radius 3 is 2.57 bits per heavy atom. The zero-order valence-corrected chi connectivity index (χ0v) is 13.3. The maximum Gasteiger partial charge on any atom is 0.417 e. The third kappa shape index (κ3) is 5.14. The third-order valence-electron chi connectivity index (χ3n) is 2.80. The van der Waals surface area contributed by atoms with Crippen molar-refractivity contribution in [3.8, 4) is 0 Å². The fraction of sp³-hybridized carbons (Fsp3) is 0.200. The van der Waals surface area contributed by atoms with Crippen LogP contribution < -0.4 is 5.32 Å². The van der Waals surface area contributed by atoms with Crippen molar-refractivity contribution in [3.63, 3.8) is 0 Å². The molecule has 1 aromatic heterocycles. The standard InChI is InChI=1S/C15H12ClF3N2OS/c16-12-8-11(15(17,18)19)9-21-14(12)23-7-6-20-13(22)10-4-2-1-3-5-10/h1-5,8-9H,6-7H2,(H,20,22). The number of amides is 1. The zero-order valence-electron chi connectivity index (χ0n) is 11.7. The molecule has 0 saturated heterocycles. The minimum absolute atomic E-state index is 0.0563. The molecule has 1 aromatic carbocycles. The summed E-state index contributed by atoms with van der Waals surface area (Å²) in [5.41, 5.74) is -0.340. The number of hydrogen-bond acceptors (Lipinski definition) is 3. The van der Waals surface area contributed by atoms with Gasteiger partial charge in [0.25, 0.3) is 5.91 Å². The van der Waals surface area contributed by atoms with Crippen molar-refractivity contribution in [2.24, 2.45) is 0 Å². The Labute approximate surface area is 140 Å². The van der Waals surface area contributed by atoms with Gasteiger partial charge in [0.2, 0.25) is 0 Å². The molecule has 0 atom stereocenters. The second-order valence-corrected chi connectivity index (χ2v) is 5.97. The van der Waals surface area contributed by atoms with E-state index in [1.165, 1.54) is 11.8 Å². The Kier molecular flexibility index (Phi) is 5.90. The molecule has 0 aliphatic carbocycles. The van der Waals surface area contributed by atoms with E-state index < -0.39 is 11.7 Å². The molecule has 0 spiro atoms. The number of aromatic nitrogens is 1. The first-order chi connectivity index (χ1) is 10.9.